The third kappa shape index (κ3) is 2.51. The van der Waals surface area contributed by atoms with E-state index in [9.17, 15) is 10.1 Å². The zero-order valence-corrected chi connectivity index (χ0v) is 13.7. The second kappa shape index (κ2) is 6.02. The largest absolute Gasteiger partial charge is 0.378 e. The summed E-state index contributed by atoms with van der Waals surface area (Å²) in [7, 11) is 0. The lowest BCUT2D eigenvalue weighted by Crippen LogP contribution is -2.39. The molecule has 0 bridgehead atoms. The minimum absolute atomic E-state index is 0.132. The summed E-state index contributed by atoms with van der Waals surface area (Å²) in [6, 6.07) is 7.23. The van der Waals surface area contributed by atoms with Gasteiger partial charge in [-0.3, -0.25) is 20.0 Å². The predicted molar refractivity (Wildman–Crippen MR) is 94.3 cm³/mol. The van der Waals surface area contributed by atoms with Gasteiger partial charge in [-0.15, -0.1) is 0 Å². The maximum absolute atomic E-state index is 11.6. The van der Waals surface area contributed by atoms with Crippen LogP contribution in [0.2, 0.25) is 0 Å². The van der Waals surface area contributed by atoms with Crippen molar-refractivity contribution >= 4 is 22.3 Å². The first-order valence-corrected chi connectivity index (χ1v) is 8.71. The molecule has 0 radical (unpaired) electrons. The molecule has 1 aromatic carbocycles. The van der Waals surface area contributed by atoms with Crippen LogP contribution in [0.4, 0.5) is 11.4 Å². The van der Waals surface area contributed by atoms with Crippen molar-refractivity contribution in [2.24, 2.45) is 0 Å². The van der Waals surface area contributed by atoms with E-state index in [1.54, 1.807) is 18.3 Å². The molecule has 0 amide bonds. The maximum Gasteiger partial charge on any atom is 0.303 e. The van der Waals surface area contributed by atoms with Crippen LogP contribution in [-0.2, 0) is 0 Å². The Bertz CT molecular complexity index is 767. The number of hydrogen-bond acceptors (Lipinski definition) is 5. The zero-order valence-electron chi connectivity index (χ0n) is 13.7. The van der Waals surface area contributed by atoms with E-state index in [0.717, 1.165) is 13.0 Å². The number of hydrogen-bond donors (Lipinski definition) is 1. The Morgan fingerprint density at radius 2 is 2.00 bits per heavy atom. The number of aromatic nitrogens is 1. The number of rotatable bonds is 5. The van der Waals surface area contributed by atoms with E-state index in [4.69, 9.17) is 0 Å². The predicted octanol–water partition coefficient (Wildman–Crippen LogP) is 3.57. The van der Waals surface area contributed by atoms with Gasteiger partial charge in [0.2, 0.25) is 0 Å². The summed E-state index contributed by atoms with van der Waals surface area (Å²) >= 11 is 0. The van der Waals surface area contributed by atoms with Crippen molar-refractivity contribution in [1.29, 1.82) is 0 Å². The third-order valence-corrected chi connectivity index (χ3v) is 5.65. The molecule has 24 heavy (non-hydrogen) atoms. The van der Waals surface area contributed by atoms with E-state index >= 15 is 0 Å². The normalized spacial score (nSPS) is 19.5. The summed E-state index contributed by atoms with van der Waals surface area (Å²) in [5, 5.41) is 15.4. The van der Waals surface area contributed by atoms with E-state index < -0.39 is 0 Å². The lowest BCUT2D eigenvalue weighted by atomic mass is 9.90. The molecule has 6 nitrogen and oxygen atoms in total. The molecule has 1 aromatic heterocycles. The molecule has 0 spiro atoms. The van der Waals surface area contributed by atoms with Crippen LogP contribution in [0.15, 0.2) is 30.5 Å². The van der Waals surface area contributed by atoms with E-state index in [0.29, 0.717) is 22.1 Å². The smallest absolute Gasteiger partial charge is 0.303 e. The zero-order chi connectivity index (χ0) is 16.6. The number of pyridine rings is 1. The van der Waals surface area contributed by atoms with Crippen molar-refractivity contribution in [1.82, 2.24) is 9.88 Å². The monoisotopic (exact) mass is 326 g/mol. The number of nitrogens with zero attached hydrogens (tertiary/aromatic N) is 3. The van der Waals surface area contributed by atoms with Gasteiger partial charge >= 0.3 is 5.69 Å². The molecule has 126 valence electrons. The standard InChI is InChI=1S/C18H22N4O2/c23-22(24)17-14-5-1-2-6-15(14)20-13-16(17)19-10-9-18-7-3-11-21(18)12-4-8-18/h1-2,5-6,13,19H,3-4,7-12H2. The Labute approximate surface area is 141 Å². The minimum atomic E-state index is -0.303. The highest BCUT2D eigenvalue weighted by molar-refractivity contribution is 5.93. The molecule has 0 unspecified atom stereocenters. The molecular weight excluding hydrogens is 304 g/mol. The van der Waals surface area contributed by atoms with Crippen LogP contribution >= 0.6 is 0 Å². The van der Waals surface area contributed by atoms with Crippen LogP contribution in [0, 0.1) is 10.1 Å². The van der Waals surface area contributed by atoms with Crippen LogP contribution in [0.5, 0.6) is 0 Å². The van der Waals surface area contributed by atoms with E-state index in [2.05, 4.69) is 15.2 Å². The highest BCUT2D eigenvalue weighted by atomic mass is 16.6. The van der Waals surface area contributed by atoms with Gasteiger partial charge in [-0.2, -0.15) is 0 Å². The first-order valence-electron chi connectivity index (χ1n) is 8.71. The van der Waals surface area contributed by atoms with Gasteiger partial charge in [0.1, 0.15) is 5.69 Å². The highest BCUT2D eigenvalue weighted by Gasteiger charge is 2.43. The Morgan fingerprint density at radius 1 is 1.25 bits per heavy atom. The Morgan fingerprint density at radius 3 is 2.75 bits per heavy atom. The molecule has 2 aliphatic heterocycles. The van der Waals surface area contributed by atoms with Crippen molar-refractivity contribution in [3.63, 3.8) is 0 Å². The van der Waals surface area contributed by atoms with Crippen molar-refractivity contribution in [3.05, 3.63) is 40.6 Å². The molecule has 2 aliphatic rings. The molecule has 2 fully saturated rings. The molecule has 0 aliphatic carbocycles. The average Bonchev–Trinajstić information content (AvgIpc) is 3.14. The Balaban J connectivity index is 1.54. The topological polar surface area (TPSA) is 71.3 Å². The van der Waals surface area contributed by atoms with E-state index in [1.165, 1.54) is 38.8 Å². The molecule has 3 heterocycles. The van der Waals surface area contributed by atoms with Crippen LogP contribution < -0.4 is 5.32 Å². The van der Waals surface area contributed by atoms with E-state index in [1.807, 2.05) is 12.1 Å². The first-order chi connectivity index (χ1) is 11.7. The summed E-state index contributed by atoms with van der Waals surface area (Å²) in [4.78, 5) is 18.2. The number of para-hydroxylation sites is 1. The van der Waals surface area contributed by atoms with Gasteiger partial charge in [-0.05, 0) is 57.3 Å². The fourth-order valence-corrected chi connectivity index (χ4v) is 4.52. The van der Waals surface area contributed by atoms with Crippen LogP contribution in [0.25, 0.3) is 10.9 Å². The SMILES string of the molecule is O=[N+]([O-])c1c(NCCC23CCCN2CCC3)cnc2ccccc12. The second-order valence-electron chi connectivity index (χ2n) is 6.89. The summed E-state index contributed by atoms with van der Waals surface area (Å²) in [6.07, 6.45) is 7.70. The van der Waals surface area contributed by atoms with Crippen molar-refractivity contribution in [2.45, 2.75) is 37.6 Å². The third-order valence-electron chi connectivity index (χ3n) is 5.65. The number of benzene rings is 1. The van der Waals surface area contributed by atoms with Crippen molar-refractivity contribution in [2.75, 3.05) is 25.0 Å². The fraction of sp³-hybridized carbons (Fsp3) is 0.500. The molecular formula is C18H22N4O2. The maximum atomic E-state index is 11.6. The van der Waals surface area contributed by atoms with Gasteiger partial charge in [0.15, 0.2) is 0 Å². The van der Waals surface area contributed by atoms with Gasteiger partial charge in [-0.1, -0.05) is 12.1 Å². The highest BCUT2D eigenvalue weighted by Crippen LogP contribution is 2.41. The summed E-state index contributed by atoms with van der Waals surface area (Å²) < 4.78 is 0. The summed E-state index contributed by atoms with van der Waals surface area (Å²) in [5.41, 5.74) is 1.64. The van der Waals surface area contributed by atoms with Crippen LogP contribution in [0.3, 0.4) is 0 Å². The van der Waals surface area contributed by atoms with Gasteiger partial charge in [0.25, 0.3) is 0 Å². The molecule has 2 saturated heterocycles. The van der Waals surface area contributed by atoms with Gasteiger partial charge in [-0.25, -0.2) is 0 Å². The number of fused-ring (bicyclic) bond motifs is 2. The molecule has 0 atom stereocenters. The molecule has 6 heteroatoms. The lowest BCUT2D eigenvalue weighted by molar-refractivity contribution is -0.382. The number of nitro groups is 1. The van der Waals surface area contributed by atoms with Gasteiger partial charge in [0, 0.05) is 12.1 Å². The van der Waals surface area contributed by atoms with Crippen molar-refractivity contribution < 1.29 is 4.92 Å². The van der Waals surface area contributed by atoms with E-state index in [-0.39, 0.29) is 10.6 Å². The molecule has 4 rings (SSSR count). The summed E-state index contributed by atoms with van der Waals surface area (Å²) in [5.74, 6) is 0. The summed E-state index contributed by atoms with van der Waals surface area (Å²) in [6.45, 7) is 3.16. The quantitative estimate of drug-likeness (QED) is 0.672. The van der Waals surface area contributed by atoms with Crippen LogP contribution in [0.1, 0.15) is 32.1 Å². The molecule has 0 saturated carbocycles. The van der Waals surface area contributed by atoms with Crippen LogP contribution in [-0.4, -0.2) is 40.0 Å². The second-order valence-corrected chi connectivity index (χ2v) is 6.89. The van der Waals surface area contributed by atoms with Crippen molar-refractivity contribution in [3.8, 4) is 0 Å². The minimum Gasteiger partial charge on any atom is -0.378 e. The first kappa shape index (κ1) is 15.3. The average molecular weight is 326 g/mol. The Kier molecular flexibility index (Phi) is 3.84. The number of nitrogens with one attached hydrogen (secondary N) is 1. The number of anilines is 1. The van der Waals surface area contributed by atoms with Gasteiger partial charge in [0.05, 0.1) is 22.0 Å². The lowest BCUT2D eigenvalue weighted by Gasteiger charge is -2.32. The van der Waals surface area contributed by atoms with Gasteiger partial charge < -0.3 is 5.32 Å². The molecule has 1 N–H and O–H groups in total. The molecule has 2 aromatic rings. The Hall–Kier alpha value is -2.21. The fourth-order valence-electron chi connectivity index (χ4n) is 4.52.